The maximum Gasteiger partial charge on any atom is 0.187 e. The molecule has 142 valence electrons. The molecule has 0 bridgehead atoms. The third kappa shape index (κ3) is 4.36. The number of pyridine rings is 1. The van der Waals surface area contributed by atoms with Crippen LogP contribution in [-0.4, -0.2) is 37.9 Å². The Hall–Kier alpha value is -2.25. The van der Waals surface area contributed by atoms with E-state index in [0.717, 1.165) is 47.7 Å². The van der Waals surface area contributed by atoms with Crippen LogP contribution in [0.5, 0.6) is 0 Å². The minimum Gasteiger partial charge on any atom is -0.348 e. The Kier molecular flexibility index (Phi) is 5.22. The second kappa shape index (κ2) is 7.78. The van der Waals surface area contributed by atoms with Gasteiger partial charge in [0, 0.05) is 46.8 Å². The fourth-order valence-corrected chi connectivity index (χ4v) is 4.50. The molecular formula is C20H26N6S. The molecule has 3 aromatic rings. The second-order valence-electron chi connectivity index (χ2n) is 7.32. The average molecular weight is 383 g/mol. The van der Waals surface area contributed by atoms with Crippen molar-refractivity contribution in [1.29, 1.82) is 0 Å². The van der Waals surface area contributed by atoms with Crippen LogP contribution in [0.2, 0.25) is 0 Å². The highest BCUT2D eigenvalue weighted by atomic mass is 32.1. The molecule has 27 heavy (non-hydrogen) atoms. The van der Waals surface area contributed by atoms with Gasteiger partial charge in [0.25, 0.3) is 0 Å². The molecule has 1 unspecified atom stereocenters. The van der Waals surface area contributed by atoms with Crippen molar-refractivity contribution >= 4 is 22.2 Å². The quantitative estimate of drug-likeness (QED) is 0.688. The fraction of sp³-hybridized carbons (Fsp3) is 0.450. The van der Waals surface area contributed by atoms with E-state index in [1.807, 2.05) is 12.4 Å². The molecule has 0 radical (unpaired) electrons. The number of nitrogens with one attached hydrogen (secondary N) is 2. The molecule has 6 nitrogen and oxygen atoms in total. The summed E-state index contributed by atoms with van der Waals surface area (Å²) in [5.74, 6) is 1.48. The third-order valence-corrected chi connectivity index (χ3v) is 6.09. The fourth-order valence-electron chi connectivity index (χ4n) is 3.66. The Morgan fingerprint density at radius 2 is 2.15 bits per heavy atom. The molecule has 0 amide bonds. The Morgan fingerprint density at radius 3 is 2.89 bits per heavy atom. The van der Waals surface area contributed by atoms with Crippen molar-refractivity contribution in [1.82, 2.24) is 24.8 Å². The highest BCUT2D eigenvalue weighted by Crippen LogP contribution is 2.30. The molecular weight excluding hydrogens is 356 g/mol. The number of anilines is 2. The highest BCUT2D eigenvalue weighted by molar-refractivity contribution is 7.15. The predicted molar refractivity (Wildman–Crippen MR) is 110 cm³/mol. The monoisotopic (exact) mass is 382 g/mol. The third-order valence-electron chi connectivity index (χ3n) is 5.11. The molecule has 0 spiro atoms. The van der Waals surface area contributed by atoms with Gasteiger partial charge in [-0.2, -0.15) is 0 Å². The normalized spacial score (nSPS) is 18.0. The van der Waals surface area contributed by atoms with Gasteiger partial charge in [0.05, 0.1) is 12.2 Å². The van der Waals surface area contributed by atoms with Gasteiger partial charge in [0.2, 0.25) is 0 Å². The summed E-state index contributed by atoms with van der Waals surface area (Å²) in [4.78, 5) is 20.7. The Balaban J connectivity index is 1.49. The van der Waals surface area contributed by atoms with Crippen molar-refractivity contribution < 1.29 is 0 Å². The van der Waals surface area contributed by atoms with Crippen LogP contribution in [0.3, 0.4) is 0 Å². The minimum atomic E-state index is 0.453. The lowest BCUT2D eigenvalue weighted by Gasteiger charge is -2.32. The number of aromatic amines is 1. The van der Waals surface area contributed by atoms with Gasteiger partial charge >= 0.3 is 0 Å². The summed E-state index contributed by atoms with van der Waals surface area (Å²) in [7, 11) is 0. The van der Waals surface area contributed by atoms with E-state index in [4.69, 9.17) is 4.98 Å². The molecule has 7 heteroatoms. The summed E-state index contributed by atoms with van der Waals surface area (Å²) in [5, 5.41) is 4.42. The Labute approximate surface area is 164 Å². The lowest BCUT2D eigenvalue weighted by molar-refractivity contribution is 0.194. The number of aromatic nitrogens is 4. The maximum atomic E-state index is 4.85. The van der Waals surface area contributed by atoms with Gasteiger partial charge in [0.1, 0.15) is 5.82 Å². The largest absolute Gasteiger partial charge is 0.348 e. The number of piperidine rings is 1. The Morgan fingerprint density at radius 1 is 1.26 bits per heavy atom. The first kappa shape index (κ1) is 18.1. The number of likely N-dealkylation sites (tertiary alicyclic amines) is 1. The molecule has 1 aliphatic heterocycles. The predicted octanol–water partition coefficient (Wildman–Crippen LogP) is 4.31. The lowest BCUT2D eigenvalue weighted by atomic mass is 9.93. The summed E-state index contributed by atoms with van der Waals surface area (Å²) < 4.78 is 0. The Bertz CT molecular complexity index is 882. The molecule has 3 aromatic heterocycles. The van der Waals surface area contributed by atoms with Gasteiger partial charge in [0.15, 0.2) is 5.13 Å². The van der Waals surface area contributed by atoms with E-state index in [0.29, 0.717) is 5.92 Å². The van der Waals surface area contributed by atoms with E-state index in [-0.39, 0.29) is 0 Å². The van der Waals surface area contributed by atoms with Crippen molar-refractivity contribution in [2.75, 3.05) is 18.4 Å². The zero-order valence-corrected chi connectivity index (χ0v) is 16.9. The van der Waals surface area contributed by atoms with Gasteiger partial charge in [-0.3, -0.25) is 9.88 Å². The van der Waals surface area contributed by atoms with E-state index in [1.54, 1.807) is 11.3 Å². The summed E-state index contributed by atoms with van der Waals surface area (Å²) in [6, 6.07) is 4.29. The molecule has 0 saturated carbocycles. The molecule has 4 rings (SSSR count). The molecule has 1 fully saturated rings. The van der Waals surface area contributed by atoms with Crippen molar-refractivity contribution in [2.45, 2.75) is 46.1 Å². The summed E-state index contributed by atoms with van der Waals surface area (Å²) in [5.41, 5.74) is 4.39. The van der Waals surface area contributed by atoms with Crippen molar-refractivity contribution in [2.24, 2.45) is 0 Å². The van der Waals surface area contributed by atoms with Crippen molar-refractivity contribution in [3.8, 4) is 0 Å². The van der Waals surface area contributed by atoms with Crippen molar-refractivity contribution in [3.05, 3.63) is 52.3 Å². The maximum absolute atomic E-state index is 4.85. The second-order valence-corrected chi connectivity index (χ2v) is 8.52. The van der Waals surface area contributed by atoms with Gasteiger partial charge < -0.3 is 10.3 Å². The first-order valence-corrected chi connectivity index (χ1v) is 10.3. The zero-order chi connectivity index (χ0) is 18.8. The van der Waals surface area contributed by atoms with Crippen molar-refractivity contribution in [3.63, 3.8) is 0 Å². The molecule has 1 atom stereocenters. The lowest BCUT2D eigenvalue weighted by Crippen LogP contribution is -2.34. The van der Waals surface area contributed by atoms with Gasteiger partial charge in [-0.25, -0.2) is 9.97 Å². The first-order chi connectivity index (χ1) is 13.1. The number of hydrogen-bond acceptors (Lipinski definition) is 6. The number of aryl methyl sites for hydroxylation is 3. The number of thiazole rings is 1. The minimum absolute atomic E-state index is 0.453. The number of nitrogens with zero attached hydrogens (tertiary/aromatic N) is 4. The van der Waals surface area contributed by atoms with Crippen LogP contribution in [0, 0.1) is 20.8 Å². The van der Waals surface area contributed by atoms with E-state index < -0.39 is 0 Å². The number of hydrogen-bond donors (Lipinski definition) is 2. The number of rotatable bonds is 5. The molecule has 2 N–H and O–H groups in total. The van der Waals surface area contributed by atoms with E-state index in [1.165, 1.54) is 23.4 Å². The van der Waals surface area contributed by atoms with Crippen LogP contribution < -0.4 is 5.32 Å². The van der Waals surface area contributed by atoms with Crippen LogP contribution >= 0.6 is 11.3 Å². The molecule has 0 aromatic carbocycles. The van der Waals surface area contributed by atoms with Crippen LogP contribution in [-0.2, 0) is 6.54 Å². The summed E-state index contributed by atoms with van der Waals surface area (Å²) >= 11 is 1.70. The van der Waals surface area contributed by atoms with Crippen LogP contribution in [0.4, 0.5) is 10.8 Å². The first-order valence-electron chi connectivity index (χ1n) is 9.47. The highest BCUT2D eigenvalue weighted by Gasteiger charge is 2.23. The molecule has 0 aliphatic carbocycles. The summed E-state index contributed by atoms with van der Waals surface area (Å²) in [6.07, 6.45) is 6.08. The molecule has 1 aliphatic rings. The number of H-pyrrole nitrogens is 1. The van der Waals surface area contributed by atoms with Crippen LogP contribution in [0.25, 0.3) is 0 Å². The summed E-state index contributed by atoms with van der Waals surface area (Å²) in [6.45, 7) is 9.24. The van der Waals surface area contributed by atoms with Gasteiger partial charge in [-0.1, -0.05) is 0 Å². The molecule has 4 heterocycles. The topological polar surface area (TPSA) is 69.7 Å². The number of imidazole rings is 1. The van der Waals surface area contributed by atoms with Gasteiger partial charge in [-0.05, 0) is 52.3 Å². The standard InChI is InChI=1S/C20H26N6S/c1-13-9-17(25-20-24-14(2)15(3)27-20)10-18(23-13)16-5-4-8-26(11-16)12-19-21-6-7-22-19/h6-7,9-10,16H,4-5,8,11-12H2,1-3H3,(H,21,22)(H,23,24,25). The zero-order valence-electron chi connectivity index (χ0n) is 16.1. The van der Waals surface area contributed by atoms with E-state index in [2.05, 4.69) is 58.1 Å². The average Bonchev–Trinajstić information content (AvgIpc) is 3.24. The van der Waals surface area contributed by atoms with Gasteiger partial charge in [-0.15, -0.1) is 11.3 Å². The van der Waals surface area contributed by atoms with E-state index >= 15 is 0 Å². The van der Waals surface area contributed by atoms with E-state index in [9.17, 15) is 0 Å². The molecule has 1 saturated heterocycles. The van der Waals surface area contributed by atoms with Crippen LogP contribution in [0.15, 0.2) is 24.5 Å². The smallest absolute Gasteiger partial charge is 0.187 e. The van der Waals surface area contributed by atoms with Crippen LogP contribution in [0.1, 0.15) is 46.5 Å². The SMILES string of the molecule is Cc1cc(Nc2nc(C)c(C)s2)cc(C2CCCN(Cc3ncc[nH]3)C2)n1.